The molecule has 1 heterocycles. The molecule has 1 N–H and O–H groups in total. The highest BCUT2D eigenvalue weighted by molar-refractivity contribution is 5.14. The van der Waals surface area contributed by atoms with E-state index in [1.54, 1.807) is 0 Å². The van der Waals surface area contributed by atoms with Gasteiger partial charge in [0.15, 0.2) is 0 Å². The topological polar surface area (TPSA) is 24.9 Å². The average Bonchev–Trinajstić information content (AvgIpc) is 2.27. The Morgan fingerprint density at radius 2 is 2.07 bits per heavy atom. The SMILES string of the molecule is C=CCCC(C)N[C@H](C)c1ccncc1. The molecule has 0 amide bonds. The summed E-state index contributed by atoms with van der Waals surface area (Å²) in [4.78, 5) is 4.02. The molecule has 0 aliphatic heterocycles. The van der Waals surface area contributed by atoms with Gasteiger partial charge in [-0.2, -0.15) is 0 Å². The number of nitrogens with zero attached hydrogens (tertiary/aromatic N) is 1. The Kier molecular flexibility index (Phi) is 5.05. The Labute approximate surface area is 92.4 Å². The van der Waals surface area contributed by atoms with E-state index < -0.39 is 0 Å². The first-order valence-electron chi connectivity index (χ1n) is 5.51. The quantitative estimate of drug-likeness (QED) is 0.720. The number of hydrogen-bond donors (Lipinski definition) is 1. The molecule has 0 bridgehead atoms. The number of nitrogens with one attached hydrogen (secondary N) is 1. The fraction of sp³-hybridized carbons (Fsp3) is 0.462. The fourth-order valence-corrected chi connectivity index (χ4v) is 1.63. The Hall–Kier alpha value is -1.15. The van der Waals surface area contributed by atoms with Crippen LogP contribution in [-0.4, -0.2) is 11.0 Å². The Balaban J connectivity index is 2.41. The second kappa shape index (κ2) is 6.36. The fourth-order valence-electron chi connectivity index (χ4n) is 1.63. The van der Waals surface area contributed by atoms with Crippen molar-refractivity contribution in [1.29, 1.82) is 0 Å². The van der Waals surface area contributed by atoms with Crippen molar-refractivity contribution >= 4 is 0 Å². The highest BCUT2D eigenvalue weighted by atomic mass is 14.9. The second-order valence-corrected chi connectivity index (χ2v) is 3.94. The van der Waals surface area contributed by atoms with E-state index in [0.29, 0.717) is 12.1 Å². The van der Waals surface area contributed by atoms with Gasteiger partial charge in [0.05, 0.1) is 0 Å². The monoisotopic (exact) mass is 204 g/mol. The van der Waals surface area contributed by atoms with E-state index in [0.717, 1.165) is 12.8 Å². The number of pyridine rings is 1. The van der Waals surface area contributed by atoms with Crippen LogP contribution in [0.5, 0.6) is 0 Å². The van der Waals surface area contributed by atoms with Gasteiger partial charge in [-0.05, 0) is 44.4 Å². The van der Waals surface area contributed by atoms with E-state index in [1.165, 1.54) is 5.56 Å². The molecular formula is C13H20N2. The van der Waals surface area contributed by atoms with Gasteiger partial charge in [0.2, 0.25) is 0 Å². The number of rotatable bonds is 6. The molecule has 0 spiro atoms. The minimum absolute atomic E-state index is 0.382. The Bertz CT molecular complexity index is 282. The van der Waals surface area contributed by atoms with Crippen molar-refractivity contribution in [2.45, 2.75) is 38.8 Å². The lowest BCUT2D eigenvalue weighted by Gasteiger charge is -2.19. The first-order valence-corrected chi connectivity index (χ1v) is 5.51. The zero-order valence-corrected chi connectivity index (χ0v) is 9.61. The average molecular weight is 204 g/mol. The van der Waals surface area contributed by atoms with Crippen molar-refractivity contribution in [2.24, 2.45) is 0 Å². The Morgan fingerprint density at radius 3 is 2.67 bits per heavy atom. The van der Waals surface area contributed by atoms with E-state index in [-0.39, 0.29) is 0 Å². The van der Waals surface area contributed by atoms with E-state index in [2.05, 4.69) is 42.9 Å². The molecule has 2 heteroatoms. The minimum atomic E-state index is 0.382. The zero-order chi connectivity index (χ0) is 11.1. The zero-order valence-electron chi connectivity index (χ0n) is 9.61. The van der Waals surface area contributed by atoms with Crippen molar-refractivity contribution in [3.8, 4) is 0 Å². The lowest BCUT2D eigenvalue weighted by Crippen LogP contribution is -2.28. The molecule has 0 fully saturated rings. The summed E-state index contributed by atoms with van der Waals surface area (Å²) >= 11 is 0. The highest BCUT2D eigenvalue weighted by Crippen LogP contribution is 2.12. The maximum absolute atomic E-state index is 4.02. The molecule has 2 atom stereocenters. The molecule has 0 aromatic carbocycles. The summed E-state index contributed by atoms with van der Waals surface area (Å²) in [5.41, 5.74) is 1.29. The van der Waals surface area contributed by atoms with Gasteiger partial charge in [0.1, 0.15) is 0 Å². The van der Waals surface area contributed by atoms with Gasteiger partial charge in [-0.25, -0.2) is 0 Å². The Morgan fingerprint density at radius 1 is 1.40 bits per heavy atom. The molecule has 0 saturated carbocycles. The summed E-state index contributed by atoms with van der Waals surface area (Å²) in [6.07, 6.45) is 7.84. The number of aromatic nitrogens is 1. The summed E-state index contributed by atoms with van der Waals surface area (Å²) < 4.78 is 0. The predicted molar refractivity (Wildman–Crippen MR) is 64.7 cm³/mol. The molecule has 82 valence electrons. The van der Waals surface area contributed by atoms with Gasteiger partial charge in [-0.15, -0.1) is 6.58 Å². The smallest absolute Gasteiger partial charge is 0.0295 e. The maximum Gasteiger partial charge on any atom is 0.0295 e. The molecule has 1 rings (SSSR count). The summed E-state index contributed by atoms with van der Waals surface area (Å²) in [7, 11) is 0. The third kappa shape index (κ3) is 4.26. The minimum Gasteiger partial charge on any atom is -0.308 e. The molecule has 2 nitrogen and oxygen atoms in total. The van der Waals surface area contributed by atoms with Gasteiger partial charge >= 0.3 is 0 Å². The predicted octanol–water partition coefficient (Wildman–Crippen LogP) is 3.09. The number of allylic oxidation sites excluding steroid dienone is 1. The van der Waals surface area contributed by atoms with Crippen LogP contribution in [0.15, 0.2) is 37.2 Å². The van der Waals surface area contributed by atoms with Crippen LogP contribution >= 0.6 is 0 Å². The standard InChI is InChI=1S/C13H20N2/c1-4-5-6-11(2)15-12(3)13-7-9-14-10-8-13/h4,7-12,15H,1,5-6H2,2-3H3/t11?,12-/m1/s1. The van der Waals surface area contributed by atoms with E-state index in [4.69, 9.17) is 0 Å². The molecule has 1 unspecified atom stereocenters. The summed E-state index contributed by atoms with van der Waals surface area (Å²) in [6.45, 7) is 8.12. The molecule has 0 aliphatic carbocycles. The summed E-state index contributed by atoms with van der Waals surface area (Å²) in [5, 5.41) is 3.56. The molecular weight excluding hydrogens is 184 g/mol. The van der Waals surface area contributed by atoms with Crippen LogP contribution in [0.4, 0.5) is 0 Å². The van der Waals surface area contributed by atoms with Crippen LogP contribution < -0.4 is 5.32 Å². The van der Waals surface area contributed by atoms with Gasteiger partial charge in [0.25, 0.3) is 0 Å². The van der Waals surface area contributed by atoms with Crippen LogP contribution in [0.25, 0.3) is 0 Å². The van der Waals surface area contributed by atoms with Crippen molar-refractivity contribution in [2.75, 3.05) is 0 Å². The number of hydrogen-bond acceptors (Lipinski definition) is 2. The third-order valence-corrected chi connectivity index (χ3v) is 2.54. The van der Waals surface area contributed by atoms with Crippen LogP contribution in [0.3, 0.4) is 0 Å². The van der Waals surface area contributed by atoms with Crippen LogP contribution in [-0.2, 0) is 0 Å². The largest absolute Gasteiger partial charge is 0.308 e. The summed E-state index contributed by atoms with van der Waals surface area (Å²) in [5.74, 6) is 0. The molecule has 1 aromatic rings. The lowest BCUT2D eigenvalue weighted by molar-refractivity contribution is 0.458. The van der Waals surface area contributed by atoms with Crippen LogP contribution in [0.2, 0.25) is 0 Å². The van der Waals surface area contributed by atoms with Crippen LogP contribution in [0.1, 0.15) is 38.3 Å². The van der Waals surface area contributed by atoms with Gasteiger partial charge < -0.3 is 5.32 Å². The second-order valence-electron chi connectivity index (χ2n) is 3.94. The van der Waals surface area contributed by atoms with Crippen molar-refractivity contribution in [3.05, 3.63) is 42.7 Å². The summed E-state index contributed by atoms with van der Waals surface area (Å²) in [6, 6.07) is 5.01. The van der Waals surface area contributed by atoms with Crippen molar-refractivity contribution < 1.29 is 0 Å². The van der Waals surface area contributed by atoms with E-state index >= 15 is 0 Å². The van der Waals surface area contributed by atoms with Gasteiger partial charge in [0, 0.05) is 24.5 Å². The maximum atomic E-state index is 4.02. The molecule has 1 aromatic heterocycles. The molecule has 0 saturated heterocycles. The normalized spacial score (nSPS) is 14.5. The van der Waals surface area contributed by atoms with E-state index in [9.17, 15) is 0 Å². The first kappa shape index (κ1) is 11.9. The van der Waals surface area contributed by atoms with Crippen LogP contribution in [0, 0.1) is 0 Å². The van der Waals surface area contributed by atoms with Gasteiger partial charge in [-0.3, -0.25) is 4.98 Å². The first-order chi connectivity index (χ1) is 7.24. The highest BCUT2D eigenvalue weighted by Gasteiger charge is 2.07. The molecule has 15 heavy (non-hydrogen) atoms. The lowest BCUT2D eigenvalue weighted by atomic mass is 10.1. The molecule has 0 radical (unpaired) electrons. The van der Waals surface area contributed by atoms with Crippen molar-refractivity contribution in [3.63, 3.8) is 0 Å². The third-order valence-electron chi connectivity index (χ3n) is 2.54. The van der Waals surface area contributed by atoms with E-state index in [1.807, 2.05) is 18.5 Å². The van der Waals surface area contributed by atoms with Gasteiger partial charge in [-0.1, -0.05) is 6.08 Å². The van der Waals surface area contributed by atoms with Crippen molar-refractivity contribution in [1.82, 2.24) is 10.3 Å². The molecule has 0 aliphatic rings.